The van der Waals surface area contributed by atoms with E-state index in [1.165, 1.54) is 6.08 Å². The first kappa shape index (κ1) is 8.87. The van der Waals surface area contributed by atoms with E-state index >= 15 is 0 Å². The summed E-state index contributed by atoms with van der Waals surface area (Å²) in [7, 11) is 0. The molecule has 0 aliphatic heterocycles. The molecule has 0 aliphatic carbocycles. The minimum absolute atomic E-state index is 0.0730. The van der Waals surface area contributed by atoms with Gasteiger partial charge in [0.15, 0.2) is 0 Å². The normalized spacial score (nSPS) is 9.00. The highest BCUT2D eigenvalue weighted by atomic mass is 32.2. The molecule has 0 aromatic heterocycles. The van der Waals surface area contributed by atoms with Crippen LogP contribution >= 0.6 is 12.0 Å². The van der Waals surface area contributed by atoms with E-state index in [-0.39, 0.29) is 5.90 Å². The Balaban J connectivity index is 2.43. The highest BCUT2D eigenvalue weighted by molar-refractivity contribution is 7.95. The molecule has 1 N–H and O–H groups in total. The number of benzene rings is 1. The predicted octanol–water partition coefficient (Wildman–Crippen LogP) is 2.87. The van der Waals surface area contributed by atoms with Crippen LogP contribution < -0.4 is 0 Å². The van der Waals surface area contributed by atoms with Crippen molar-refractivity contribution in [2.24, 2.45) is 0 Å². The first-order chi connectivity index (χ1) is 5.83. The van der Waals surface area contributed by atoms with Gasteiger partial charge in [-0.3, -0.25) is 5.41 Å². The maximum Gasteiger partial charge on any atom is 0.220 e. The van der Waals surface area contributed by atoms with Gasteiger partial charge in [0.1, 0.15) is 0 Å². The van der Waals surface area contributed by atoms with Crippen molar-refractivity contribution in [2.45, 2.75) is 4.90 Å². The van der Waals surface area contributed by atoms with Gasteiger partial charge in [0.2, 0.25) is 5.90 Å². The topological polar surface area (TPSA) is 33.1 Å². The molecule has 0 heterocycles. The standard InChI is InChI=1S/C9H9NOS/c1-2-9(10)11-12-8-6-4-3-5-7-8/h2-7,10H,1H2. The maximum atomic E-state index is 7.13. The molecule has 1 aromatic carbocycles. The Hall–Kier alpha value is -1.22. The molecule has 0 saturated carbocycles. The molecule has 2 nitrogen and oxygen atoms in total. The van der Waals surface area contributed by atoms with Crippen molar-refractivity contribution in [1.29, 1.82) is 5.41 Å². The summed E-state index contributed by atoms with van der Waals surface area (Å²) in [5, 5.41) is 7.13. The fraction of sp³-hybridized carbons (Fsp3) is 0. The van der Waals surface area contributed by atoms with Crippen molar-refractivity contribution in [3.05, 3.63) is 43.0 Å². The molecular formula is C9H9NOS. The Bertz CT molecular complexity index is 271. The summed E-state index contributed by atoms with van der Waals surface area (Å²) in [4.78, 5) is 0.976. The van der Waals surface area contributed by atoms with Crippen LogP contribution in [0.2, 0.25) is 0 Å². The summed E-state index contributed by atoms with van der Waals surface area (Å²) in [6.45, 7) is 3.41. The lowest BCUT2D eigenvalue weighted by atomic mass is 10.4. The molecule has 0 amide bonds. The van der Waals surface area contributed by atoms with Crippen molar-refractivity contribution < 1.29 is 4.18 Å². The number of hydrogen-bond donors (Lipinski definition) is 1. The highest BCUT2D eigenvalue weighted by Gasteiger charge is 1.94. The van der Waals surface area contributed by atoms with Crippen LogP contribution in [0.4, 0.5) is 0 Å². The summed E-state index contributed by atoms with van der Waals surface area (Å²) in [6.07, 6.45) is 1.36. The minimum Gasteiger partial charge on any atom is -0.401 e. The van der Waals surface area contributed by atoms with Crippen LogP contribution in [0.25, 0.3) is 0 Å². The quantitative estimate of drug-likeness (QED) is 0.439. The second kappa shape index (κ2) is 4.62. The van der Waals surface area contributed by atoms with E-state index in [0.717, 1.165) is 16.9 Å². The largest absolute Gasteiger partial charge is 0.401 e. The molecule has 0 radical (unpaired) electrons. The van der Waals surface area contributed by atoms with Gasteiger partial charge in [0.05, 0.1) is 12.0 Å². The predicted molar refractivity (Wildman–Crippen MR) is 51.3 cm³/mol. The highest BCUT2D eigenvalue weighted by Crippen LogP contribution is 2.18. The molecule has 3 heteroatoms. The first-order valence-corrected chi connectivity index (χ1v) is 4.17. The maximum absolute atomic E-state index is 7.13. The minimum atomic E-state index is 0.0730. The monoisotopic (exact) mass is 179 g/mol. The Morgan fingerprint density at radius 1 is 1.42 bits per heavy atom. The van der Waals surface area contributed by atoms with E-state index in [4.69, 9.17) is 9.59 Å². The summed E-state index contributed by atoms with van der Waals surface area (Å²) < 4.78 is 4.96. The fourth-order valence-electron chi connectivity index (χ4n) is 0.603. The molecule has 0 bridgehead atoms. The van der Waals surface area contributed by atoms with Crippen LogP contribution in [0.1, 0.15) is 0 Å². The third-order valence-electron chi connectivity index (χ3n) is 1.16. The Labute approximate surface area is 76.0 Å². The molecule has 0 fully saturated rings. The molecule has 0 aliphatic rings. The van der Waals surface area contributed by atoms with E-state index in [1.807, 2.05) is 30.3 Å². The van der Waals surface area contributed by atoms with E-state index in [9.17, 15) is 0 Å². The number of nitrogens with one attached hydrogen (secondary N) is 1. The second-order valence-corrected chi connectivity index (χ2v) is 2.85. The Morgan fingerprint density at radius 3 is 2.67 bits per heavy atom. The zero-order chi connectivity index (χ0) is 8.81. The van der Waals surface area contributed by atoms with Gasteiger partial charge in [-0.25, -0.2) is 0 Å². The lowest BCUT2D eigenvalue weighted by Crippen LogP contribution is -1.89. The fourth-order valence-corrected chi connectivity index (χ4v) is 1.13. The first-order valence-electron chi connectivity index (χ1n) is 3.43. The molecule has 0 atom stereocenters. The summed E-state index contributed by atoms with van der Waals surface area (Å²) in [6, 6.07) is 9.61. The SMILES string of the molecule is C=CC(=N)OSc1ccccc1. The lowest BCUT2D eigenvalue weighted by molar-refractivity contribution is 0.644. The summed E-state index contributed by atoms with van der Waals surface area (Å²) >= 11 is 1.16. The van der Waals surface area contributed by atoms with Crippen LogP contribution in [0.15, 0.2) is 47.9 Å². The van der Waals surface area contributed by atoms with Gasteiger partial charge in [-0.2, -0.15) is 0 Å². The second-order valence-electron chi connectivity index (χ2n) is 2.05. The summed E-state index contributed by atoms with van der Waals surface area (Å²) in [5.74, 6) is 0.0730. The molecule has 0 spiro atoms. The van der Waals surface area contributed by atoms with Crippen molar-refractivity contribution >= 4 is 17.9 Å². The molecule has 1 rings (SSSR count). The van der Waals surface area contributed by atoms with Crippen molar-refractivity contribution in [1.82, 2.24) is 0 Å². The average molecular weight is 179 g/mol. The van der Waals surface area contributed by atoms with Crippen molar-refractivity contribution in [2.75, 3.05) is 0 Å². The van der Waals surface area contributed by atoms with E-state index < -0.39 is 0 Å². The van der Waals surface area contributed by atoms with Gasteiger partial charge in [0, 0.05) is 4.90 Å². The van der Waals surface area contributed by atoms with Gasteiger partial charge in [-0.1, -0.05) is 24.8 Å². The van der Waals surface area contributed by atoms with Crippen LogP contribution in [-0.2, 0) is 4.18 Å². The van der Waals surface area contributed by atoms with Gasteiger partial charge in [0.25, 0.3) is 0 Å². The third kappa shape index (κ3) is 2.80. The molecule has 0 unspecified atom stereocenters. The molecule has 1 aromatic rings. The van der Waals surface area contributed by atoms with Gasteiger partial charge >= 0.3 is 0 Å². The lowest BCUT2D eigenvalue weighted by Gasteiger charge is -1.99. The third-order valence-corrected chi connectivity index (χ3v) is 1.88. The van der Waals surface area contributed by atoms with Crippen molar-refractivity contribution in [3.8, 4) is 0 Å². The molecule has 12 heavy (non-hydrogen) atoms. The molecule has 62 valence electrons. The zero-order valence-corrected chi connectivity index (χ0v) is 7.30. The van der Waals surface area contributed by atoms with Crippen LogP contribution in [0.5, 0.6) is 0 Å². The average Bonchev–Trinajstić information content (AvgIpc) is 2.16. The van der Waals surface area contributed by atoms with Crippen LogP contribution in [0, 0.1) is 5.41 Å². The number of rotatable bonds is 3. The Morgan fingerprint density at radius 2 is 2.08 bits per heavy atom. The molecular weight excluding hydrogens is 170 g/mol. The summed E-state index contributed by atoms with van der Waals surface area (Å²) in [5.41, 5.74) is 0. The smallest absolute Gasteiger partial charge is 0.220 e. The van der Waals surface area contributed by atoms with Crippen molar-refractivity contribution in [3.63, 3.8) is 0 Å². The van der Waals surface area contributed by atoms with E-state index in [0.29, 0.717) is 0 Å². The van der Waals surface area contributed by atoms with E-state index in [1.54, 1.807) is 0 Å². The van der Waals surface area contributed by atoms with E-state index in [2.05, 4.69) is 6.58 Å². The molecule has 0 saturated heterocycles. The van der Waals surface area contributed by atoms with Crippen LogP contribution in [-0.4, -0.2) is 5.90 Å². The van der Waals surface area contributed by atoms with Gasteiger partial charge in [-0.15, -0.1) is 0 Å². The van der Waals surface area contributed by atoms with Gasteiger partial charge in [-0.05, 0) is 18.2 Å². The zero-order valence-electron chi connectivity index (χ0n) is 6.49. The van der Waals surface area contributed by atoms with Crippen LogP contribution in [0.3, 0.4) is 0 Å². The Kier molecular flexibility index (Phi) is 3.41. The van der Waals surface area contributed by atoms with Gasteiger partial charge < -0.3 is 4.18 Å². The number of hydrogen-bond acceptors (Lipinski definition) is 3.